The normalized spacial score (nSPS) is 14.8. The van der Waals surface area contributed by atoms with Crippen molar-refractivity contribution in [3.05, 3.63) is 71.8 Å². The van der Waals surface area contributed by atoms with Gasteiger partial charge in [0.15, 0.2) is 0 Å². The van der Waals surface area contributed by atoms with Crippen LogP contribution >= 0.6 is 0 Å². The first-order valence-corrected chi connectivity index (χ1v) is 6.89. The summed E-state index contributed by atoms with van der Waals surface area (Å²) >= 11 is 0. The van der Waals surface area contributed by atoms with Crippen LogP contribution in [0.4, 0.5) is 5.69 Å². The summed E-state index contributed by atoms with van der Waals surface area (Å²) in [4.78, 5) is 4.41. The Morgan fingerprint density at radius 3 is 2.62 bits per heavy atom. The Labute approximate surface area is 122 Å². The molecule has 0 spiro atoms. The van der Waals surface area contributed by atoms with Crippen molar-refractivity contribution in [3.8, 4) is 5.75 Å². The van der Waals surface area contributed by atoms with Gasteiger partial charge in [0.2, 0.25) is 0 Å². The Morgan fingerprint density at radius 1 is 0.857 bits per heavy atom. The molecule has 0 aromatic heterocycles. The van der Waals surface area contributed by atoms with Gasteiger partial charge >= 0.3 is 0 Å². The Bertz CT molecular complexity index is 906. The molecule has 100 valence electrons. The smallest absolute Gasteiger partial charge is 0.123 e. The van der Waals surface area contributed by atoms with Crippen molar-refractivity contribution < 1.29 is 5.11 Å². The van der Waals surface area contributed by atoms with Gasteiger partial charge < -0.3 is 5.11 Å². The number of hydrogen-bond donors (Lipinski definition) is 1. The van der Waals surface area contributed by atoms with Crippen LogP contribution < -0.4 is 0 Å². The number of phenolic OH excluding ortho intramolecular Hbond substituents is 1. The summed E-state index contributed by atoms with van der Waals surface area (Å²) in [5, 5.41) is 12.4. The van der Waals surface area contributed by atoms with Crippen LogP contribution in [0, 0.1) is 0 Å². The molecule has 2 nitrogen and oxygen atoms in total. The van der Waals surface area contributed by atoms with Gasteiger partial charge in [-0.2, -0.15) is 0 Å². The summed E-state index contributed by atoms with van der Waals surface area (Å²) < 4.78 is 0. The number of benzene rings is 3. The van der Waals surface area contributed by atoms with Gasteiger partial charge in [-0.3, -0.25) is 4.99 Å². The highest BCUT2D eigenvalue weighted by Crippen LogP contribution is 2.35. The van der Waals surface area contributed by atoms with Crippen LogP contribution in [0.3, 0.4) is 0 Å². The van der Waals surface area contributed by atoms with Gasteiger partial charge in [-0.05, 0) is 29.0 Å². The van der Waals surface area contributed by atoms with E-state index in [9.17, 15) is 5.11 Å². The highest BCUT2D eigenvalue weighted by Gasteiger charge is 2.13. The molecule has 0 fully saturated rings. The van der Waals surface area contributed by atoms with Crippen LogP contribution in [0.5, 0.6) is 5.75 Å². The number of aliphatic imine (C=N–C) groups is 1. The molecule has 0 saturated heterocycles. The maximum Gasteiger partial charge on any atom is 0.123 e. The van der Waals surface area contributed by atoms with Gasteiger partial charge in [-0.25, -0.2) is 0 Å². The number of allylic oxidation sites excluding steroid dienone is 1. The van der Waals surface area contributed by atoms with E-state index in [0.29, 0.717) is 5.75 Å². The Hall–Kier alpha value is -2.87. The maximum absolute atomic E-state index is 10.2. The van der Waals surface area contributed by atoms with E-state index in [0.717, 1.165) is 33.2 Å². The van der Waals surface area contributed by atoms with Crippen LogP contribution in [0.15, 0.2) is 65.7 Å². The van der Waals surface area contributed by atoms with E-state index >= 15 is 0 Å². The lowest BCUT2D eigenvalue weighted by molar-refractivity contribution is 0.475. The molecule has 3 aromatic carbocycles. The minimum absolute atomic E-state index is 0.291. The summed E-state index contributed by atoms with van der Waals surface area (Å²) in [6.07, 6.45) is 3.86. The molecule has 3 aromatic rings. The Balaban J connectivity index is 1.95. The zero-order valence-corrected chi connectivity index (χ0v) is 11.3. The maximum atomic E-state index is 10.2. The van der Waals surface area contributed by atoms with Crippen LogP contribution in [0.1, 0.15) is 11.1 Å². The molecule has 0 bridgehead atoms. The van der Waals surface area contributed by atoms with Crippen molar-refractivity contribution in [1.82, 2.24) is 0 Å². The number of fused-ring (bicyclic) bond motifs is 2. The number of para-hydroxylation sites is 1. The lowest BCUT2D eigenvalue weighted by Crippen LogP contribution is -1.84. The van der Waals surface area contributed by atoms with Crippen LogP contribution in [0.2, 0.25) is 0 Å². The van der Waals surface area contributed by atoms with E-state index in [4.69, 9.17) is 0 Å². The first-order chi connectivity index (χ1) is 10.3. The molecule has 0 aliphatic carbocycles. The fraction of sp³-hybridized carbons (Fsp3) is 0. The van der Waals surface area contributed by atoms with Gasteiger partial charge in [-0.1, -0.05) is 48.5 Å². The summed E-state index contributed by atoms with van der Waals surface area (Å²) in [5.74, 6) is 0.291. The average Bonchev–Trinajstić information content (AvgIpc) is 2.93. The van der Waals surface area contributed by atoms with E-state index < -0.39 is 0 Å². The van der Waals surface area contributed by atoms with Crippen LogP contribution in [0.25, 0.3) is 22.4 Å². The fourth-order valence-corrected chi connectivity index (χ4v) is 2.75. The predicted molar refractivity (Wildman–Crippen MR) is 88.1 cm³/mol. The van der Waals surface area contributed by atoms with Gasteiger partial charge in [0.05, 0.1) is 5.69 Å². The van der Waals surface area contributed by atoms with E-state index in [-0.39, 0.29) is 0 Å². The SMILES string of the molecule is Oc1ccc2ccccc2c1/C=C1/C=Nc2ccccc21. The minimum Gasteiger partial charge on any atom is -0.507 e. The van der Waals surface area contributed by atoms with Gasteiger partial charge in [-0.15, -0.1) is 0 Å². The Kier molecular flexibility index (Phi) is 2.61. The highest BCUT2D eigenvalue weighted by atomic mass is 16.3. The first-order valence-electron chi connectivity index (χ1n) is 6.89. The first kappa shape index (κ1) is 11.9. The third-order valence-electron chi connectivity index (χ3n) is 3.81. The van der Waals surface area contributed by atoms with Crippen LogP contribution in [-0.2, 0) is 0 Å². The fourth-order valence-electron chi connectivity index (χ4n) is 2.75. The lowest BCUT2D eigenvalue weighted by atomic mass is 9.99. The third kappa shape index (κ3) is 1.93. The average molecular weight is 271 g/mol. The molecule has 1 heterocycles. The van der Waals surface area contributed by atoms with Crippen molar-refractivity contribution in [2.75, 3.05) is 0 Å². The molecule has 0 unspecified atom stereocenters. The van der Waals surface area contributed by atoms with Crippen LogP contribution in [-0.4, -0.2) is 11.3 Å². The molecule has 0 amide bonds. The van der Waals surface area contributed by atoms with Crippen molar-refractivity contribution in [1.29, 1.82) is 0 Å². The predicted octanol–water partition coefficient (Wildman–Crippen LogP) is 4.80. The van der Waals surface area contributed by atoms with Gasteiger partial charge in [0, 0.05) is 22.9 Å². The zero-order chi connectivity index (χ0) is 14.2. The van der Waals surface area contributed by atoms with E-state index in [1.165, 1.54) is 0 Å². The molecular weight excluding hydrogens is 258 g/mol. The largest absolute Gasteiger partial charge is 0.507 e. The molecule has 1 aliphatic rings. The zero-order valence-electron chi connectivity index (χ0n) is 11.3. The molecule has 1 N–H and O–H groups in total. The number of hydrogen-bond acceptors (Lipinski definition) is 2. The number of phenols is 1. The quantitative estimate of drug-likeness (QED) is 0.677. The third-order valence-corrected chi connectivity index (χ3v) is 3.81. The molecule has 21 heavy (non-hydrogen) atoms. The molecule has 4 rings (SSSR count). The summed E-state index contributed by atoms with van der Waals surface area (Å²) in [6.45, 7) is 0. The number of nitrogens with zero attached hydrogens (tertiary/aromatic N) is 1. The van der Waals surface area contributed by atoms with E-state index in [1.54, 1.807) is 6.07 Å². The van der Waals surface area contributed by atoms with Gasteiger partial charge in [0.25, 0.3) is 0 Å². The summed E-state index contributed by atoms with van der Waals surface area (Å²) in [5.41, 5.74) is 3.94. The minimum atomic E-state index is 0.291. The van der Waals surface area contributed by atoms with E-state index in [2.05, 4.69) is 11.1 Å². The summed E-state index contributed by atoms with van der Waals surface area (Å²) in [6, 6.07) is 19.8. The molecule has 0 radical (unpaired) electrons. The molecule has 2 heteroatoms. The Morgan fingerprint density at radius 2 is 1.67 bits per heavy atom. The second-order valence-electron chi connectivity index (χ2n) is 5.09. The lowest BCUT2D eigenvalue weighted by Gasteiger charge is -2.06. The van der Waals surface area contributed by atoms with E-state index in [1.807, 2.05) is 60.8 Å². The molecular formula is C19H13NO. The van der Waals surface area contributed by atoms with Gasteiger partial charge in [0.1, 0.15) is 5.75 Å². The number of rotatable bonds is 1. The van der Waals surface area contributed by atoms with Crippen molar-refractivity contribution in [3.63, 3.8) is 0 Å². The standard InChI is InChI=1S/C19H13NO/c21-19-10-9-13-5-1-2-6-15(13)17(19)11-14-12-20-18-8-4-3-7-16(14)18/h1-12,21H/b14-11-. The molecule has 0 atom stereocenters. The molecule has 1 aliphatic heterocycles. The number of aromatic hydroxyl groups is 1. The second-order valence-corrected chi connectivity index (χ2v) is 5.09. The van der Waals surface area contributed by atoms with Crippen molar-refractivity contribution in [2.45, 2.75) is 0 Å². The summed E-state index contributed by atoms with van der Waals surface area (Å²) in [7, 11) is 0. The van der Waals surface area contributed by atoms with Crippen molar-refractivity contribution >= 4 is 34.3 Å². The second kappa shape index (κ2) is 4.60. The highest BCUT2D eigenvalue weighted by molar-refractivity contribution is 6.22. The molecule has 0 saturated carbocycles. The topological polar surface area (TPSA) is 32.6 Å². The van der Waals surface area contributed by atoms with Crippen molar-refractivity contribution in [2.24, 2.45) is 4.99 Å². The monoisotopic (exact) mass is 271 g/mol.